The molecule has 0 unspecified atom stereocenters. The molecule has 158 valence electrons. The second-order valence-electron chi connectivity index (χ2n) is 8.46. The molecule has 0 spiro atoms. The van der Waals surface area contributed by atoms with Gasteiger partial charge in [0.15, 0.2) is 0 Å². The highest BCUT2D eigenvalue weighted by atomic mass is 16.3. The lowest BCUT2D eigenvalue weighted by Crippen LogP contribution is -2.26. The van der Waals surface area contributed by atoms with E-state index in [0.717, 1.165) is 24.0 Å². The highest BCUT2D eigenvalue weighted by Crippen LogP contribution is 2.41. The SMILES string of the molecule is CCC(O)(C=C(C)c1ccc(C(CC)(CC)c2ccc(O)c(C)c2)cc1C)CC. The Morgan fingerprint density at radius 2 is 1.34 bits per heavy atom. The van der Waals surface area contributed by atoms with Crippen LogP contribution in [-0.4, -0.2) is 15.8 Å². The lowest BCUT2D eigenvalue weighted by Gasteiger charge is -2.34. The van der Waals surface area contributed by atoms with Crippen LogP contribution in [-0.2, 0) is 5.41 Å². The third kappa shape index (κ3) is 4.59. The molecule has 2 heteroatoms. The van der Waals surface area contributed by atoms with Gasteiger partial charge in [-0.05, 0) is 92.0 Å². The molecule has 0 aliphatic heterocycles. The summed E-state index contributed by atoms with van der Waals surface area (Å²) in [7, 11) is 0. The van der Waals surface area contributed by atoms with Crippen molar-refractivity contribution in [1.29, 1.82) is 0 Å². The Labute approximate surface area is 177 Å². The number of benzene rings is 2. The molecule has 2 N–H and O–H groups in total. The fraction of sp³-hybridized carbons (Fsp3) is 0.481. The topological polar surface area (TPSA) is 40.5 Å². The summed E-state index contributed by atoms with van der Waals surface area (Å²) in [5, 5.41) is 20.7. The third-order valence-corrected chi connectivity index (χ3v) is 6.87. The zero-order chi connectivity index (χ0) is 21.8. The van der Waals surface area contributed by atoms with Crippen molar-refractivity contribution < 1.29 is 10.2 Å². The van der Waals surface area contributed by atoms with Gasteiger partial charge < -0.3 is 10.2 Å². The number of hydrogen-bond donors (Lipinski definition) is 2. The summed E-state index contributed by atoms with van der Waals surface area (Å²) in [6.07, 6.45) is 5.44. The summed E-state index contributed by atoms with van der Waals surface area (Å²) in [6, 6.07) is 12.8. The molecule has 0 amide bonds. The van der Waals surface area contributed by atoms with E-state index in [9.17, 15) is 10.2 Å². The number of aromatic hydroxyl groups is 1. The number of rotatable bonds is 8. The average Bonchev–Trinajstić information content (AvgIpc) is 2.71. The molecule has 0 bridgehead atoms. The van der Waals surface area contributed by atoms with Crippen molar-refractivity contribution in [2.45, 2.75) is 85.2 Å². The molecule has 0 heterocycles. The van der Waals surface area contributed by atoms with Gasteiger partial charge in [-0.1, -0.05) is 58.0 Å². The monoisotopic (exact) mass is 394 g/mol. The molecular formula is C27H38O2. The van der Waals surface area contributed by atoms with Crippen molar-refractivity contribution in [2.24, 2.45) is 0 Å². The minimum atomic E-state index is -0.741. The van der Waals surface area contributed by atoms with E-state index in [1.54, 1.807) is 0 Å². The molecule has 2 aromatic carbocycles. The number of aliphatic hydroxyl groups is 1. The van der Waals surface area contributed by atoms with Crippen molar-refractivity contribution in [1.82, 2.24) is 0 Å². The molecule has 0 fully saturated rings. The standard InChI is InChI=1S/C27H38O2/c1-8-26(29,9-2)18-21(7)24-14-12-22(16-19(24)5)27(10-3,11-4)23-13-15-25(28)20(6)17-23/h12-18,28-29H,8-11H2,1-7H3. The maximum atomic E-state index is 10.7. The molecule has 2 nitrogen and oxygen atoms in total. The average molecular weight is 395 g/mol. The van der Waals surface area contributed by atoms with Crippen molar-refractivity contribution in [2.75, 3.05) is 0 Å². The normalized spacial score (nSPS) is 13.0. The molecule has 29 heavy (non-hydrogen) atoms. The zero-order valence-corrected chi connectivity index (χ0v) is 19.3. The molecule has 0 aromatic heterocycles. The minimum absolute atomic E-state index is 0.0764. The molecule has 0 saturated carbocycles. The second kappa shape index (κ2) is 9.17. The smallest absolute Gasteiger partial charge is 0.118 e. The Bertz CT molecular complexity index is 868. The number of phenols is 1. The largest absolute Gasteiger partial charge is 0.508 e. The Balaban J connectivity index is 2.55. The van der Waals surface area contributed by atoms with Gasteiger partial charge in [-0.3, -0.25) is 0 Å². The van der Waals surface area contributed by atoms with Gasteiger partial charge in [0.2, 0.25) is 0 Å². The molecule has 0 saturated heterocycles. The van der Waals surface area contributed by atoms with Crippen LogP contribution in [0.5, 0.6) is 5.75 Å². The van der Waals surface area contributed by atoms with Crippen LogP contribution in [0.3, 0.4) is 0 Å². The van der Waals surface area contributed by atoms with Crippen molar-refractivity contribution >= 4 is 5.57 Å². The van der Waals surface area contributed by atoms with E-state index in [0.29, 0.717) is 18.6 Å². The van der Waals surface area contributed by atoms with Crippen molar-refractivity contribution in [3.8, 4) is 5.75 Å². The number of hydrogen-bond acceptors (Lipinski definition) is 2. The Kier molecular flexibility index (Phi) is 7.35. The molecule has 0 radical (unpaired) electrons. The summed E-state index contributed by atoms with van der Waals surface area (Å²) in [4.78, 5) is 0. The number of aryl methyl sites for hydroxylation is 2. The van der Waals surface area contributed by atoms with Gasteiger partial charge in [-0.2, -0.15) is 0 Å². The summed E-state index contributed by atoms with van der Waals surface area (Å²) in [5.74, 6) is 0.349. The maximum absolute atomic E-state index is 10.7. The van der Waals surface area contributed by atoms with Crippen LogP contribution in [0.15, 0.2) is 42.5 Å². The molecule has 0 aliphatic rings. The summed E-state index contributed by atoms with van der Waals surface area (Å²) in [6.45, 7) is 14.7. The van der Waals surface area contributed by atoms with E-state index in [2.05, 4.69) is 58.0 Å². The quantitative estimate of drug-likeness (QED) is 0.502. The van der Waals surface area contributed by atoms with Crippen molar-refractivity contribution in [3.63, 3.8) is 0 Å². The molecule has 0 aliphatic carbocycles. The lowest BCUT2D eigenvalue weighted by molar-refractivity contribution is 0.0833. The van der Waals surface area contributed by atoms with Crippen LogP contribution >= 0.6 is 0 Å². The molecule has 2 rings (SSSR count). The van der Waals surface area contributed by atoms with Crippen LogP contribution in [0.25, 0.3) is 5.57 Å². The van der Waals surface area contributed by atoms with E-state index < -0.39 is 5.60 Å². The highest BCUT2D eigenvalue weighted by Gasteiger charge is 2.31. The van der Waals surface area contributed by atoms with Gasteiger partial charge in [0, 0.05) is 5.41 Å². The van der Waals surface area contributed by atoms with Crippen LogP contribution in [0.1, 0.15) is 88.1 Å². The van der Waals surface area contributed by atoms with E-state index in [1.165, 1.54) is 22.3 Å². The molecule has 2 aromatic rings. The van der Waals surface area contributed by atoms with Crippen LogP contribution in [0, 0.1) is 13.8 Å². The first-order chi connectivity index (χ1) is 13.7. The summed E-state index contributed by atoms with van der Waals surface area (Å²) in [5.41, 5.74) is 6.21. The maximum Gasteiger partial charge on any atom is 0.118 e. The van der Waals surface area contributed by atoms with Gasteiger partial charge in [0.05, 0.1) is 5.60 Å². The first kappa shape index (κ1) is 23.2. The van der Waals surface area contributed by atoms with Crippen LogP contribution in [0.2, 0.25) is 0 Å². The van der Waals surface area contributed by atoms with Gasteiger partial charge in [-0.15, -0.1) is 0 Å². The van der Waals surface area contributed by atoms with E-state index in [-0.39, 0.29) is 5.41 Å². The Morgan fingerprint density at radius 3 is 1.79 bits per heavy atom. The summed E-state index contributed by atoms with van der Waals surface area (Å²) < 4.78 is 0. The first-order valence-electron chi connectivity index (χ1n) is 11.0. The third-order valence-electron chi connectivity index (χ3n) is 6.87. The van der Waals surface area contributed by atoms with Gasteiger partial charge in [0.1, 0.15) is 5.75 Å². The second-order valence-corrected chi connectivity index (χ2v) is 8.46. The number of phenolic OH excluding ortho intramolecular Hbond substituents is 1. The van der Waals surface area contributed by atoms with Gasteiger partial charge in [-0.25, -0.2) is 0 Å². The van der Waals surface area contributed by atoms with Crippen LogP contribution in [0.4, 0.5) is 0 Å². The molecular weight excluding hydrogens is 356 g/mol. The predicted molar refractivity (Wildman–Crippen MR) is 125 cm³/mol. The van der Waals surface area contributed by atoms with Crippen LogP contribution < -0.4 is 0 Å². The number of allylic oxidation sites excluding steroid dienone is 1. The highest BCUT2D eigenvalue weighted by molar-refractivity contribution is 5.68. The zero-order valence-electron chi connectivity index (χ0n) is 19.3. The van der Waals surface area contributed by atoms with E-state index >= 15 is 0 Å². The van der Waals surface area contributed by atoms with E-state index in [4.69, 9.17) is 0 Å². The van der Waals surface area contributed by atoms with Gasteiger partial charge >= 0.3 is 0 Å². The predicted octanol–water partition coefficient (Wildman–Crippen LogP) is 7.07. The fourth-order valence-corrected chi connectivity index (χ4v) is 4.52. The first-order valence-corrected chi connectivity index (χ1v) is 11.0. The van der Waals surface area contributed by atoms with Crippen molar-refractivity contribution in [3.05, 3.63) is 70.3 Å². The minimum Gasteiger partial charge on any atom is -0.508 e. The Hall–Kier alpha value is -2.06. The summed E-state index contributed by atoms with van der Waals surface area (Å²) >= 11 is 0. The molecule has 0 atom stereocenters. The van der Waals surface area contributed by atoms with E-state index in [1.807, 2.05) is 32.9 Å². The fourth-order valence-electron chi connectivity index (χ4n) is 4.52. The lowest BCUT2D eigenvalue weighted by atomic mass is 9.69. The Morgan fingerprint density at radius 1 is 0.828 bits per heavy atom. The van der Waals surface area contributed by atoms with Gasteiger partial charge in [0.25, 0.3) is 0 Å².